The summed E-state index contributed by atoms with van der Waals surface area (Å²) >= 11 is 0. The Morgan fingerprint density at radius 1 is 1.50 bits per heavy atom. The number of benzene rings is 1. The van der Waals surface area contributed by atoms with Crippen LogP contribution >= 0.6 is 0 Å². The minimum absolute atomic E-state index is 0.0452. The molecule has 18 heavy (non-hydrogen) atoms. The van der Waals surface area contributed by atoms with Crippen molar-refractivity contribution in [3.05, 3.63) is 35.4 Å². The molecule has 1 aliphatic rings. The highest BCUT2D eigenvalue weighted by atomic mass is 19.1. The molecule has 1 fully saturated rings. The number of carbonyl (C=O) groups is 1. The summed E-state index contributed by atoms with van der Waals surface area (Å²) in [5, 5.41) is 3.10. The van der Waals surface area contributed by atoms with Crippen molar-refractivity contribution in [1.29, 1.82) is 0 Å². The fourth-order valence-electron chi connectivity index (χ4n) is 2.14. The van der Waals surface area contributed by atoms with Gasteiger partial charge < -0.3 is 10.2 Å². The number of carbonyl (C=O) groups excluding carboxylic acids is 1. The van der Waals surface area contributed by atoms with Crippen LogP contribution in [-0.4, -0.2) is 30.4 Å². The van der Waals surface area contributed by atoms with Gasteiger partial charge in [-0.2, -0.15) is 0 Å². The third-order valence-corrected chi connectivity index (χ3v) is 3.16. The average Bonchev–Trinajstić information content (AvgIpc) is 2.85. The first kappa shape index (κ1) is 13.0. The first-order valence-corrected chi connectivity index (χ1v) is 6.00. The zero-order valence-electron chi connectivity index (χ0n) is 10.2. The number of nitrogens with one attached hydrogen (secondary N) is 1. The van der Waals surface area contributed by atoms with E-state index in [4.69, 9.17) is 0 Å². The van der Waals surface area contributed by atoms with E-state index >= 15 is 0 Å². The second-order valence-corrected chi connectivity index (χ2v) is 4.58. The molecule has 5 heteroatoms. The van der Waals surface area contributed by atoms with Crippen molar-refractivity contribution < 1.29 is 13.6 Å². The number of hydrogen-bond acceptors (Lipinski definition) is 2. The molecule has 0 saturated carbocycles. The second-order valence-electron chi connectivity index (χ2n) is 4.58. The van der Waals surface area contributed by atoms with E-state index in [2.05, 4.69) is 5.32 Å². The molecule has 0 aliphatic carbocycles. The lowest BCUT2D eigenvalue weighted by Crippen LogP contribution is -2.41. The molecule has 3 nitrogen and oxygen atoms in total. The van der Waals surface area contributed by atoms with Gasteiger partial charge in [-0.3, -0.25) is 4.79 Å². The molecule has 1 saturated heterocycles. The molecular weight excluding hydrogens is 238 g/mol. The van der Waals surface area contributed by atoms with Gasteiger partial charge in [-0.25, -0.2) is 8.78 Å². The Labute approximate surface area is 105 Å². The molecule has 98 valence electrons. The van der Waals surface area contributed by atoms with Crippen LogP contribution < -0.4 is 5.32 Å². The summed E-state index contributed by atoms with van der Waals surface area (Å²) in [4.78, 5) is 13.5. The average molecular weight is 254 g/mol. The molecule has 1 aliphatic heterocycles. The number of likely N-dealkylation sites (N-methyl/N-ethyl adjacent to an activating group) is 1. The molecule has 1 aromatic rings. The third-order valence-electron chi connectivity index (χ3n) is 3.16. The monoisotopic (exact) mass is 254 g/mol. The topological polar surface area (TPSA) is 32.3 Å². The van der Waals surface area contributed by atoms with Crippen LogP contribution in [0.3, 0.4) is 0 Å². The van der Waals surface area contributed by atoms with Gasteiger partial charge in [0.1, 0.15) is 11.6 Å². The molecule has 1 amide bonds. The smallest absolute Gasteiger partial charge is 0.239 e. The Hall–Kier alpha value is -1.49. The number of nitrogens with zero attached hydrogens (tertiary/aromatic N) is 1. The Balaban J connectivity index is 2.01. The van der Waals surface area contributed by atoms with Gasteiger partial charge in [-0.15, -0.1) is 0 Å². The normalized spacial score (nSPS) is 18.9. The van der Waals surface area contributed by atoms with Crippen molar-refractivity contribution in [3.8, 4) is 0 Å². The van der Waals surface area contributed by atoms with Crippen LogP contribution in [0.5, 0.6) is 0 Å². The van der Waals surface area contributed by atoms with Crippen molar-refractivity contribution in [2.75, 3.05) is 13.6 Å². The van der Waals surface area contributed by atoms with Crippen LogP contribution in [0.1, 0.15) is 18.4 Å². The zero-order chi connectivity index (χ0) is 13.1. The molecule has 1 heterocycles. The number of hydrogen-bond donors (Lipinski definition) is 1. The van der Waals surface area contributed by atoms with E-state index < -0.39 is 11.6 Å². The fraction of sp³-hybridized carbons (Fsp3) is 0.462. The first-order chi connectivity index (χ1) is 8.58. The Morgan fingerprint density at radius 3 is 2.89 bits per heavy atom. The maximum atomic E-state index is 13.5. The van der Waals surface area contributed by atoms with Crippen LogP contribution in [-0.2, 0) is 11.3 Å². The van der Waals surface area contributed by atoms with Gasteiger partial charge in [0.05, 0.1) is 6.04 Å². The van der Waals surface area contributed by atoms with E-state index in [-0.39, 0.29) is 18.5 Å². The van der Waals surface area contributed by atoms with E-state index in [0.717, 1.165) is 25.5 Å². The summed E-state index contributed by atoms with van der Waals surface area (Å²) in [6.45, 7) is 0.998. The van der Waals surface area contributed by atoms with Gasteiger partial charge >= 0.3 is 0 Å². The van der Waals surface area contributed by atoms with Crippen LogP contribution in [0, 0.1) is 11.6 Å². The predicted molar refractivity (Wildman–Crippen MR) is 63.9 cm³/mol. The van der Waals surface area contributed by atoms with E-state index in [9.17, 15) is 13.6 Å². The molecule has 2 rings (SSSR count). The minimum Gasteiger partial charge on any atom is -0.340 e. The van der Waals surface area contributed by atoms with Gasteiger partial charge in [0.25, 0.3) is 0 Å². The van der Waals surface area contributed by atoms with E-state index in [1.165, 1.54) is 17.0 Å². The Kier molecular flexibility index (Phi) is 3.91. The van der Waals surface area contributed by atoms with Gasteiger partial charge in [0.2, 0.25) is 5.91 Å². The number of halogens is 2. The van der Waals surface area contributed by atoms with Gasteiger partial charge in [0, 0.05) is 25.2 Å². The molecule has 1 atom stereocenters. The summed E-state index contributed by atoms with van der Waals surface area (Å²) in [5.74, 6) is -1.27. The maximum Gasteiger partial charge on any atom is 0.239 e. The van der Waals surface area contributed by atoms with Crippen molar-refractivity contribution in [2.24, 2.45) is 0 Å². The summed E-state index contributed by atoms with van der Waals surface area (Å²) in [6, 6.07) is 3.24. The molecular formula is C13H16F2N2O. The zero-order valence-corrected chi connectivity index (χ0v) is 10.2. The van der Waals surface area contributed by atoms with Crippen molar-refractivity contribution >= 4 is 5.91 Å². The number of rotatable bonds is 3. The van der Waals surface area contributed by atoms with Crippen LogP contribution in [0.2, 0.25) is 0 Å². The van der Waals surface area contributed by atoms with Crippen LogP contribution in [0.15, 0.2) is 18.2 Å². The van der Waals surface area contributed by atoms with Crippen molar-refractivity contribution in [2.45, 2.75) is 25.4 Å². The third kappa shape index (κ3) is 2.85. The van der Waals surface area contributed by atoms with Crippen molar-refractivity contribution in [3.63, 3.8) is 0 Å². The van der Waals surface area contributed by atoms with Gasteiger partial charge in [-0.05, 0) is 25.5 Å². The first-order valence-electron chi connectivity index (χ1n) is 6.00. The highest BCUT2D eigenvalue weighted by Gasteiger charge is 2.25. The highest BCUT2D eigenvalue weighted by molar-refractivity contribution is 5.81. The lowest BCUT2D eigenvalue weighted by molar-refractivity contribution is -0.132. The lowest BCUT2D eigenvalue weighted by Gasteiger charge is -2.21. The molecule has 1 aromatic carbocycles. The molecule has 0 bridgehead atoms. The molecule has 0 radical (unpaired) electrons. The predicted octanol–water partition coefficient (Wildman–Crippen LogP) is 1.68. The minimum atomic E-state index is -0.617. The fourth-order valence-corrected chi connectivity index (χ4v) is 2.14. The van der Waals surface area contributed by atoms with Crippen LogP contribution in [0.25, 0.3) is 0 Å². The van der Waals surface area contributed by atoms with E-state index in [1.54, 1.807) is 7.05 Å². The van der Waals surface area contributed by atoms with Gasteiger partial charge in [-0.1, -0.05) is 6.07 Å². The second kappa shape index (κ2) is 5.44. The Morgan fingerprint density at radius 2 is 2.28 bits per heavy atom. The molecule has 0 unspecified atom stereocenters. The molecule has 0 spiro atoms. The molecule has 0 aromatic heterocycles. The standard InChI is InChI=1S/C13H16F2N2O/c1-17(13(18)12-3-2-6-16-12)8-9-4-5-10(14)7-11(9)15/h4-5,7,12,16H,2-3,6,8H2,1H3/t12-/m1/s1. The summed E-state index contributed by atoms with van der Waals surface area (Å²) in [7, 11) is 1.63. The largest absolute Gasteiger partial charge is 0.340 e. The van der Waals surface area contributed by atoms with Crippen LogP contribution in [0.4, 0.5) is 8.78 Å². The van der Waals surface area contributed by atoms with Crippen molar-refractivity contribution in [1.82, 2.24) is 10.2 Å². The van der Waals surface area contributed by atoms with E-state index in [0.29, 0.717) is 5.56 Å². The molecule has 1 N–H and O–H groups in total. The summed E-state index contributed by atoms with van der Waals surface area (Å²) in [5.41, 5.74) is 0.324. The maximum absolute atomic E-state index is 13.5. The van der Waals surface area contributed by atoms with Gasteiger partial charge in [0.15, 0.2) is 0 Å². The lowest BCUT2D eigenvalue weighted by atomic mass is 10.1. The highest BCUT2D eigenvalue weighted by Crippen LogP contribution is 2.14. The summed E-state index contributed by atoms with van der Waals surface area (Å²) < 4.78 is 26.2. The van der Waals surface area contributed by atoms with E-state index in [1.807, 2.05) is 0 Å². The Bertz CT molecular complexity index is 445. The SMILES string of the molecule is CN(Cc1ccc(F)cc1F)C(=O)[C@H]1CCCN1. The number of amides is 1. The quantitative estimate of drug-likeness (QED) is 0.890. The summed E-state index contributed by atoms with van der Waals surface area (Å²) in [6.07, 6.45) is 1.80.